The maximum atomic E-state index is 13.1. The molecule has 1 aromatic heterocycles. The first-order valence-electron chi connectivity index (χ1n) is 8.97. The van der Waals surface area contributed by atoms with Gasteiger partial charge in [0.25, 0.3) is 5.91 Å². The molecule has 114 valence electrons. The molecule has 4 nitrogen and oxygen atoms in total. The zero-order chi connectivity index (χ0) is 18.2. The van der Waals surface area contributed by atoms with Crippen molar-refractivity contribution in [2.45, 2.75) is 18.5 Å². The summed E-state index contributed by atoms with van der Waals surface area (Å²) in [7, 11) is 0. The number of carbonyl (C=O) groups is 1. The number of hydrogen-bond donors (Lipinski definition) is 0. The predicted octanol–water partition coefficient (Wildman–Crippen LogP) is 3.81. The number of amides is 1. The summed E-state index contributed by atoms with van der Waals surface area (Å²) in [6.07, 6.45) is 0.452. The van der Waals surface area contributed by atoms with E-state index >= 15 is 0 Å². The molecule has 0 fully saturated rings. The Morgan fingerprint density at radius 3 is 2.96 bits per heavy atom. The Bertz CT molecular complexity index is 1080. The van der Waals surface area contributed by atoms with Gasteiger partial charge in [-0.15, -0.1) is 0 Å². The van der Waals surface area contributed by atoms with Crippen molar-refractivity contribution in [3.8, 4) is 0 Å². The molecule has 0 aliphatic carbocycles. The van der Waals surface area contributed by atoms with Crippen molar-refractivity contribution in [3.05, 3.63) is 64.4 Å². The molecule has 5 heteroatoms. The van der Waals surface area contributed by atoms with E-state index in [1.807, 2.05) is 28.8 Å². The van der Waals surface area contributed by atoms with E-state index in [0.29, 0.717) is 28.4 Å². The molecule has 2 unspecified atom stereocenters. The van der Waals surface area contributed by atoms with Crippen LogP contribution in [0.25, 0.3) is 11.0 Å². The van der Waals surface area contributed by atoms with Gasteiger partial charge in [0.2, 0.25) is 0 Å². The Labute approximate surface area is 142 Å². The molecule has 0 radical (unpaired) electrons. The number of hydrogen-bond acceptors (Lipinski definition) is 2. The van der Waals surface area contributed by atoms with E-state index in [4.69, 9.17) is 15.7 Å². The van der Waals surface area contributed by atoms with Crippen molar-refractivity contribution in [3.63, 3.8) is 0 Å². The van der Waals surface area contributed by atoms with Crippen LogP contribution in [0.5, 0.6) is 0 Å². The third kappa shape index (κ3) is 1.56. The van der Waals surface area contributed by atoms with E-state index in [0.717, 1.165) is 15.9 Å². The average molecular weight is 327 g/mol. The number of rotatable bonds is 0. The van der Waals surface area contributed by atoms with Crippen molar-refractivity contribution in [1.29, 1.82) is 0 Å². The second kappa shape index (κ2) is 4.36. The maximum absolute atomic E-state index is 13.1. The van der Waals surface area contributed by atoms with Gasteiger partial charge in [0.15, 0.2) is 0 Å². The highest BCUT2D eigenvalue weighted by molar-refractivity contribution is 6.32. The number of benzene rings is 2. The fourth-order valence-corrected chi connectivity index (χ4v) is 4.15. The molecule has 2 aliphatic heterocycles. The van der Waals surface area contributed by atoms with Crippen molar-refractivity contribution >= 4 is 28.5 Å². The first-order valence-corrected chi connectivity index (χ1v) is 7.84. The third-order valence-corrected chi connectivity index (χ3v) is 5.16. The molecular weight excluding hydrogens is 310 g/mol. The van der Waals surface area contributed by atoms with Gasteiger partial charge in [-0.25, -0.2) is 4.98 Å². The summed E-state index contributed by atoms with van der Waals surface area (Å²) in [6, 6.07) is 11.9. The van der Waals surface area contributed by atoms with Crippen LogP contribution in [0, 0.1) is 0 Å². The second-order valence-electron chi connectivity index (χ2n) is 5.97. The highest BCUT2D eigenvalue weighted by atomic mass is 35.5. The Hall–Kier alpha value is -2.33. The van der Waals surface area contributed by atoms with Gasteiger partial charge in [-0.1, -0.05) is 29.8 Å². The first kappa shape index (κ1) is 10.4. The lowest BCUT2D eigenvalue weighted by Gasteiger charge is -2.24. The number of fused-ring (bicyclic) bond motifs is 9. The topological polar surface area (TPSA) is 38.1 Å². The summed E-state index contributed by atoms with van der Waals surface area (Å²) in [4.78, 5) is 18.8. The lowest BCUT2D eigenvalue weighted by molar-refractivity contribution is 0.0734. The zero-order valence-electron chi connectivity index (χ0n) is 15.0. The highest BCUT2D eigenvalue weighted by Gasteiger charge is 2.44. The summed E-state index contributed by atoms with van der Waals surface area (Å²) in [5.41, 5.74) is 2.73. The summed E-state index contributed by atoms with van der Waals surface area (Å²) >= 11 is 6.47. The number of nitrogens with zero attached hydrogens (tertiary/aromatic N) is 3. The molecule has 3 heterocycles. The molecule has 0 spiro atoms. The number of carbonyl (C=O) groups excluding carboxylic acids is 1. The van der Waals surface area contributed by atoms with E-state index in [2.05, 4.69) is 4.98 Å². The molecule has 3 aromatic rings. The molecule has 1 amide bonds. The van der Waals surface area contributed by atoms with Crippen LogP contribution in [-0.2, 0) is 0 Å². The zero-order valence-corrected chi connectivity index (χ0v) is 12.8. The Morgan fingerprint density at radius 2 is 2.09 bits per heavy atom. The van der Waals surface area contributed by atoms with Crippen LogP contribution in [-0.4, -0.2) is 27.3 Å². The number of para-hydroxylation sites is 2. The monoisotopic (exact) mass is 326 g/mol. The van der Waals surface area contributed by atoms with Crippen LogP contribution < -0.4 is 0 Å². The summed E-state index contributed by atoms with van der Waals surface area (Å²) in [6.45, 7) is -2.57. The van der Waals surface area contributed by atoms with Crippen LogP contribution >= 0.6 is 11.6 Å². The largest absolute Gasteiger partial charge is 0.331 e. The second-order valence-corrected chi connectivity index (χ2v) is 6.38. The predicted molar refractivity (Wildman–Crippen MR) is 88.8 cm³/mol. The third-order valence-electron chi connectivity index (χ3n) is 4.83. The van der Waals surface area contributed by atoms with Crippen molar-refractivity contribution in [2.75, 3.05) is 6.98 Å². The molecule has 0 N–H and O–H groups in total. The molecule has 2 bridgehead atoms. The van der Waals surface area contributed by atoms with Crippen LogP contribution in [0.4, 0.5) is 0 Å². The minimum Gasteiger partial charge on any atom is -0.331 e. The summed E-state index contributed by atoms with van der Waals surface area (Å²) in [5, 5.41) is 0.470. The maximum Gasteiger partial charge on any atom is 0.254 e. The lowest BCUT2D eigenvalue weighted by atomic mass is 9.99. The Kier molecular flexibility index (Phi) is 1.98. The molecular formula is C18H14ClN3O. The Balaban J connectivity index is 1.89. The first-order chi connectivity index (χ1) is 12.4. The van der Waals surface area contributed by atoms with Crippen LogP contribution in [0.15, 0.2) is 42.5 Å². The van der Waals surface area contributed by atoms with Gasteiger partial charge in [0, 0.05) is 33.7 Å². The smallest absolute Gasteiger partial charge is 0.254 e. The molecule has 5 rings (SSSR count). The molecule has 2 aromatic carbocycles. The number of halogens is 1. The summed E-state index contributed by atoms with van der Waals surface area (Å²) in [5.74, 6) is 0.0829. The lowest BCUT2D eigenvalue weighted by Crippen LogP contribution is -2.30. The van der Waals surface area contributed by atoms with Crippen LogP contribution in [0.2, 0.25) is 5.02 Å². The van der Waals surface area contributed by atoms with Crippen molar-refractivity contribution in [2.24, 2.45) is 0 Å². The molecule has 23 heavy (non-hydrogen) atoms. The Morgan fingerprint density at radius 1 is 1.22 bits per heavy atom. The fourth-order valence-electron chi connectivity index (χ4n) is 3.85. The van der Waals surface area contributed by atoms with E-state index in [1.54, 1.807) is 18.2 Å². The molecule has 0 saturated heterocycles. The molecule has 2 atom stereocenters. The fraction of sp³-hybridized carbons (Fsp3) is 0.222. The van der Waals surface area contributed by atoms with Gasteiger partial charge >= 0.3 is 0 Å². The van der Waals surface area contributed by atoms with Crippen LogP contribution in [0.3, 0.4) is 0 Å². The van der Waals surface area contributed by atoms with E-state index < -0.39 is 18.9 Å². The SMILES string of the molecule is [2H]C([2H])([2H])N1C(=O)c2cccc(Cl)c2C2CC1c1nc3ccccc3n12. The van der Waals surface area contributed by atoms with E-state index in [9.17, 15) is 4.79 Å². The van der Waals surface area contributed by atoms with E-state index in [1.165, 1.54) is 0 Å². The quantitative estimate of drug-likeness (QED) is 0.630. The van der Waals surface area contributed by atoms with Crippen LogP contribution in [0.1, 0.15) is 44.4 Å². The standard InChI is InChI=1S/C18H14ClN3O/c1-21-15-9-14(16-10(18(21)23)5-4-6-11(16)19)22-13-8-3-2-7-12(13)20-17(15)22/h2-8,14-15H,9H2,1H3/i1D3. The minimum atomic E-state index is -2.57. The summed E-state index contributed by atoms with van der Waals surface area (Å²) < 4.78 is 25.9. The van der Waals surface area contributed by atoms with Gasteiger partial charge in [-0.2, -0.15) is 0 Å². The minimum absolute atomic E-state index is 0.220. The van der Waals surface area contributed by atoms with Gasteiger partial charge in [-0.3, -0.25) is 4.79 Å². The van der Waals surface area contributed by atoms with Crippen molar-refractivity contribution in [1.82, 2.24) is 14.5 Å². The molecule has 2 aliphatic rings. The highest BCUT2D eigenvalue weighted by Crippen LogP contribution is 2.48. The van der Waals surface area contributed by atoms with Crippen molar-refractivity contribution < 1.29 is 8.91 Å². The van der Waals surface area contributed by atoms with Gasteiger partial charge < -0.3 is 9.47 Å². The average Bonchev–Trinajstić information content (AvgIpc) is 3.07. The number of aromatic nitrogens is 2. The van der Waals surface area contributed by atoms with Gasteiger partial charge in [0.05, 0.1) is 23.1 Å². The normalized spacial score (nSPS) is 24.7. The van der Waals surface area contributed by atoms with E-state index in [-0.39, 0.29) is 6.04 Å². The molecule has 0 saturated carbocycles. The number of imidazole rings is 1. The van der Waals surface area contributed by atoms with Gasteiger partial charge in [-0.05, 0) is 24.3 Å². The van der Waals surface area contributed by atoms with Gasteiger partial charge in [0.1, 0.15) is 5.82 Å².